The maximum atomic E-state index is 12.2. The highest BCUT2D eigenvalue weighted by molar-refractivity contribution is 7.86. The number of hydroxylamine groups is 2. The number of carbonyl (C=O) groups excluding carboxylic acids is 2. The molecule has 1 aliphatic heterocycles. The molecule has 0 radical (unpaired) electrons. The number of hydrogen-bond acceptors (Lipinski definition) is 7. The molecule has 1 fully saturated rings. The van der Waals surface area contributed by atoms with Crippen LogP contribution in [0.4, 0.5) is 4.79 Å². The number of carbonyl (C=O) groups is 2. The second-order valence-electron chi connectivity index (χ2n) is 5.62. The molecule has 1 saturated heterocycles. The molecule has 0 aliphatic carbocycles. The third-order valence-electron chi connectivity index (χ3n) is 3.44. The van der Waals surface area contributed by atoms with Crippen LogP contribution < -0.4 is 0 Å². The van der Waals surface area contributed by atoms with Gasteiger partial charge in [-0.1, -0.05) is 25.3 Å². The molecule has 0 aromatic rings. The van der Waals surface area contributed by atoms with Crippen LogP contribution in [0, 0.1) is 0 Å². The molecule has 1 heterocycles. The molecular formula is C16H24N2O7S. The van der Waals surface area contributed by atoms with Gasteiger partial charge in [-0.3, -0.25) is 18.7 Å². The Morgan fingerprint density at radius 1 is 1.31 bits per heavy atom. The lowest BCUT2D eigenvalue weighted by molar-refractivity contribution is -0.165. The van der Waals surface area contributed by atoms with E-state index < -0.39 is 28.4 Å². The van der Waals surface area contributed by atoms with Crippen LogP contribution in [0.5, 0.6) is 0 Å². The SMILES string of the molecule is C=CCOC(=O)N1C[C@H](OS(C)(=O)=O)C[C@H]1C(=C)CN(C=O)OCC=C. The van der Waals surface area contributed by atoms with Crippen molar-refractivity contribution in [3.63, 3.8) is 0 Å². The van der Waals surface area contributed by atoms with E-state index in [1.165, 1.54) is 17.1 Å². The van der Waals surface area contributed by atoms with Crippen LogP contribution in [0.2, 0.25) is 0 Å². The van der Waals surface area contributed by atoms with Crippen molar-refractivity contribution in [2.24, 2.45) is 0 Å². The fourth-order valence-electron chi connectivity index (χ4n) is 2.48. The van der Waals surface area contributed by atoms with Gasteiger partial charge in [-0.25, -0.2) is 9.86 Å². The number of likely N-dealkylation sites (tertiary alicyclic amines) is 1. The molecule has 0 unspecified atom stereocenters. The van der Waals surface area contributed by atoms with Crippen LogP contribution in [-0.4, -0.2) is 75.6 Å². The smallest absolute Gasteiger partial charge is 0.410 e. The maximum Gasteiger partial charge on any atom is 0.410 e. The standard InChI is InChI=1S/C16H24N2O7S/c1-5-7-23-16(20)18-11-14(25-26(4,21)22)9-15(18)13(3)10-17(12-19)24-8-6-2/h5-6,12,14-15H,1-3,7-11H2,4H3/t14-,15+/m1/s1. The van der Waals surface area contributed by atoms with Crippen molar-refractivity contribution in [1.29, 1.82) is 0 Å². The molecular weight excluding hydrogens is 364 g/mol. The highest BCUT2D eigenvalue weighted by Gasteiger charge is 2.40. The van der Waals surface area contributed by atoms with Crippen LogP contribution in [0.25, 0.3) is 0 Å². The minimum absolute atomic E-state index is 0.00897. The average molecular weight is 388 g/mol. The summed E-state index contributed by atoms with van der Waals surface area (Å²) in [5.41, 5.74) is 0.469. The molecule has 0 bridgehead atoms. The van der Waals surface area contributed by atoms with Gasteiger partial charge < -0.3 is 4.74 Å². The van der Waals surface area contributed by atoms with Gasteiger partial charge in [0.15, 0.2) is 0 Å². The van der Waals surface area contributed by atoms with Crippen LogP contribution in [0.15, 0.2) is 37.5 Å². The Bertz CT molecular complexity index is 647. The van der Waals surface area contributed by atoms with Gasteiger partial charge in [0.1, 0.15) is 6.61 Å². The molecule has 0 N–H and O–H groups in total. The average Bonchev–Trinajstić information content (AvgIpc) is 2.98. The topological polar surface area (TPSA) is 102 Å². The summed E-state index contributed by atoms with van der Waals surface area (Å²) in [5, 5.41) is 1.02. The first-order valence-corrected chi connectivity index (χ1v) is 9.59. The van der Waals surface area contributed by atoms with Gasteiger partial charge >= 0.3 is 6.09 Å². The van der Waals surface area contributed by atoms with Gasteiger partial charge in [0.05, 0.1) is 38.1 Å². The third-order valence-corrected chi connectivity index (χ3v) is 4.06. The number of hydrogen-bond donors (Lipinski definition) is 0. The molecule has 1 aliphatic rings. The molecule has 146 valence electrons. The van der Waals surface area contributed by atoms with Crippen molar-refractivity contribution < 1.29 is 31.8 Å². The van der Waals surface area contributed by atoms with Gasteiger partial charge in [-0.15, -0.1) is 6.58 Å². The second-order valence-corrected chi connectivity index (χ2v) is 7.22. The summed E-state index contributed by atoms with van der Waals surface area (Å²) >= 11 is 0. The molecule has 9 nitrogen and oxygen atoms in total. The Balaban J connectivity index is 2.87. The summed E-state index contributed by atoms with van der Waals surface area (Å²) in [7, 11) is -3.69. The molecule has 2 amide bonds. The monoisotopic (exact) mass is 388 g/mol. The quantitative estimate of drug-likeness (QED) is 0.224. The summed E-state index contributed by atoms with van der Waals surface area (Å²) in [6.45, 7) is 11.0. The summed E-state index contributed by atoms with van der Waals surface area (Å²) in [6, 6.07) is -0.575. The summed E-state index contributed by atoms with van der Waals surface area (Å²) < 4.78 is 32.8. The molecule has 1 rings (SSSR count). The second kappa shape index (κ2) is 10.1. The lowest BCUT2D eigenvalue weighted by Crippen LogP contribution is -2.40. The van der Waals surface area contributed by atoms with Crippen molar-refractivity contribution in [2.45, 2.75) is 18.6 Å². The van der Waals surface area contributed by atoms with Gasteiger partial charge in [0.25, 0.3) is 10.1 Å². The van der Waals surface area contributed by atoms with Crippen LogP contribution >= 0.6 is 0 Å². The van der Waals surface area contributed by atoms with Crippen molar-refractivity contribution in [3.8, 4) is 0 Å². The molecule has 0 saturated carbocycles. The van der Waals surface area contributed by atoms with Gasteiger partial charge in [0.2, 0.25) is 6.41 Å². The first-order valence-electron chi connectivity index (χ1n) is 7.77. The highest BCUT2D eigenvalue weighted by Crippen LogP contribution is 2.27. The molecule has 0 aromatic carbocycles. The van der Waals surface area contributed by atoms with E-state index in [-0.39, 0.29) is 32.7 Å². The van der Waals surface area contributed by atoms with Crippen molar-refractivity contribution in [1.82, 2.24) is 9.96 Å². The minimum atomic E-state index is -3.69. The van der Waals surface area contributed by atoms with Gasteiger partial charge in [0, 0.05) is 6.42 Å². The Labute approximate surface area is 153 Å². The van der Waals surface area contributed by atoms with Crippen LogP contribution in [0.3, 0.4) is 0 Å². The number of amides is 2. The summed E-state index contributed by atoms with van der Waals surface area (Å²) in [5.74, 6) is 0. The summed E-state index contributed by atoms with van der Waals surface area (Å²) in [4.78, 5) is 29.8. The Morgan fingerprint density at radius 3 is 2.50 bits per heavy atom. The number of nitrogens with zero attached hydrogens (tertiary/aromatic N) is 2. The first kappa shape index (κ1) is 21.9. The van der Waals surface area contributed by atoms with Crippen molar-refractivity contribution in [2.75, 3.05) is 32.6 Å². The zero-order valence-electron chi connectivity index (χ0n) is 14.7. The highest BCUT2D eigenvalue weighted by atomic mass is 32.2. The first-order chi connectivity index (χ1) is 12.2. The Morgan fingerprint density at radius 2 is 1.96 bits per heavy atom. The number of ether oxygens (including phenoxy) is 1. The molecule has 0 aromatic heterocycles. The van der Waals surface area contributed by atoms with Gasteiger partial charge in [-0.2, -0.15) is 8.42 Å². The third kappa shape index (κ3) is 6.98. The largest absolute Gasteiger partial charge is 0.445 e. The van der Waals surface area contributed by atoms with E-state index in [1.807, 2.05) is 0 Å². The van der Waals surface area contributed by atoms with Crippen molar-refractivity contribution >= 4 is 22.6 Å². The van der Waals surface area contributed by atoms with Crippen LogP contribution in [0.1, 0.15) is 6.42 Å². The van der Waals surface area contributed by atoms with E-state index in [1.54, 1.807) is 0 Å². The van der Waals surface area contributed by atoms with Crippen molar-refractivity contribution in [3.05, 3.63) is 37.5 Å². The van der Waals surface area contributed by atoms with E-state index in [0.29, 0.717) is 12.0 Å². The fourth-order valence-corrected chi connectivity index (χ4v) is 3.12. The molecule has 2 atom stereocenters. The lowest BCUT2D eigenvalue weighted by Gasteiger charge is -2.27. The van der Waals surface area contributed by atoms with E-state index >= 15 is 0 Å². The molecule has 26 heavy (non-hydrogen) atoms. The van der Waals surface area contributed by atoms with Gasteiger partial charge in [-0.05, 0) is 5.57 Å². The van der Waals surface area contributed by atoms with E-state index in [2.05, 4.69) is 19.7 Å². The van der Waals surface area contributed by atoms with E-state index in [0.717, 1.165) is 11.3 Å². The minimum Gasteiger partial charge on any atom is -0.445 e. The Kier molecular flexibility index (Phi) is 8.49. The molecule has 0 spiro atoms. The Hall–Kier alpha value is -2.17. The lowest BCUT2D eigenvalue weighted by atomic mass is 10.1. The van der Waals surface area contributed by atoms with Crippen LogP contribution in [-0.2, 0) is 28.7 Å². The predicted molar refractivity (Wildman–Crippen MR) is 94.4 cm³/mol. The summed E-state index contributed by atoms with van der Waals surface area (Å²) in [6.07, 6.45) is 3.12. The number of rotatable bonds is 11. The zero-order valence-corrected chi connectivity index (χ0v) is 15.5. The fraction of sp³-hybridized carbons (Fsp3) is 0.500. The maximum absolute atomic E-state index is 12.2. The zero-order chi connectivity index (χ0) is 19.7. The predicted octanol–water partition coefficient (Wildman–Crippen LogP) is 0.860. The van der Waals surface area contributed by atoms with E-state index in [4.69, 9.17) is 13.8 Å². The normalized spacial score (nSPS) is 19.7. The molecule has 10 heteroatoms. The van der Waals surface area contributed by atoms with E-state index in [9.17, 15) is 18.0 Å².